The maximum atomic E-state index is 12.3. The van der Waals surface area contributed by atoms with Crippen molar-refractivity contribution in [1.82, 2.24) is 9.78 Å². The lowest BCUT2D eigenvalue weighted by Crippen LogP contribution is -2.11. The zero-order valence-electron chi connectivity index (χ0n) is 11.9. The van der Waals surface area contributed by atoms with E-state index < -0.39 is 15.7 Å². The minimum atomic E-state index is -1.37. The Hall–Kier alpha value is -1.44. The topological polar surface area (TPSA) is 78.0 Å². The molecule has 1 heterocycles. The molecule has 2 aromatic rings. The second kappa shape index (κ2) is 6.76. The Kier molecular flexibility index (Phi) is 5.20. The third-order valence-electron chi connectivity index (χ3n) is 3.15. The van der Waals surface area contributed by atoms with Gasteiger partial charge in [-0.15, -0.1) is 0 Å². The highest BCUT2D eigenvalue weighted by Gasteiger charge is 2.22. The van der Waals surface area contributed by atoms with Gasteiger partial charge in [0.1, 0.15) is 11.4 Å². The van der Waals surface area contributed by atoms with Crippen LogP contribution in [0.4, 0.5) is 5.69 Å². The predicted molar refractivity (Wildman–Crippen MR) is 86.1 cm³/mol. The molecule has 1 unspecified atom stereocenters. The van der Waals surface area contributed by atoms with E-state index in [1.165, 1.54) is 4.68 Å². The van der Waals surface area contributed by atoms with E-state index >= 15 is 0 Å². The number of nitro groups is 1. The third kappa shape index (κ3) is 3.48. The monoisotopic (exact) mass is 361 g/mol. The molecule has 6 nitrogen and oxygen atoms in total. The minimum absolute atomic E-state index is 0.00781. The number of nitrogens with zero attached hydrogens (tertiary/aromatic N) is 3. The number of hydrogen-bond donors (Lipinski definition) is 0. The van der Waals surface area contributed by atoms with E-state index in [1.807, 2.05) is 0 Å². The lowest BCUT2D eigenvalue weighted by molar-refractivity contribution is -0.386. The van der Waals surface area contributed by atoms with Gasteiger partial charge in [-0.3, -0.25) is 19.0 Å². The van der Waals surface area contributed by atoms with Gasteiger partial charge in [-0.2, -0.15) is 5.10 Å². The summed E-state index contributed by atoms with van der Waals surface area (Å²) in [6, 6.07) is 4.77. The summed E-state index contributed by atoms with van der Waals surface area (Å²) in [4.78, 5) is 10.9. The lowest BCUT2D eigenvalue weighted by atomic mass is 10.3. The molecule has 0 spiro atoms. The molecule has 1 aromatic heterocycles. The van der Waals surface area contributed by atoms with Crippen molar-refractivity contribution in [3.63, 3.8) is 0 Å². The molecule has 1 atom stereocenters. The Morgan fingerprint density at radius 1 is 1.36 bits per heavy atom. The summed E-state index contributed by atoms with van der Waals surface area (Å²) >= 11 is 11.9. The summed E-state index contributed by atoms with van der Waals surface area (Å²) in [5.41, 5.74) is 0.775. The van der Waals surface area contributed by atoms with Crippen LogP contribution in [0.5, 0.6) is 0 Å². The highest BCUT2D eigenvalue weighted by molar-refractivity contribution is 7.85. The van der Waals surface area contributed by atoms with Crippen LogP contribution in [0.15, 0.2) is 23.1 Å². The standard InChI is InChI=1S/C13H13Cl2N3O3S/c1-8-13(18(19)20)9(2)17(16-8)5-6-22(21)12-7-10(14)3-4-11(12)15/h3-4,7H,5-6H2,1-2H3. The molecule has 0 aliphatic carbocycles. The molecule has 0 bridgehead atoms. The number of hydrogen-bond acceptors (Lipinski definition) is 4. The molecule has 0 fully saturated rings. The molecule has 0 saturated heterocycles. The van der Waals surface area contributed by atoms with Crippen molar-refractivity contribution in [1.29, 1.82) is 0 Å². The molecule has 118 valence electrons. The molecule has 0 saturated carbocycles. The van der Waals surface area contributed by atoms with Crippen molar-refractivity contribution in [2.75, 3.05) is 5.75 Å². The van der Waals surface area contributed by atoms with E-state index in [9.17, 15) is 14.3 Å². The second-order valence-electron chi connectivity index (χ2n) is 4.62. The SMILES string of the molecule is Cc1nn(CCS(=O)c2cc(Cl)ccc2Cl)c(C)c1[N+](=O)[O-]. The van der Waals surface area contributed by atoms with E-state index in [0.29, 0.717) is 26.3 Å². The van der Waals surface area contributed by atoms with Crippen LogP contribution in [-0.4, -0.2) is 24.7 Å². The molecular weight excluding hydrogens is 349 g/mol. The van der Waals surface area contributed by atoms with Crippen LogP contribution in [0.2, 0.25) is 10.0 Å². The highest BCUT2D eigenvalue weighted by atomic mass is 35.5. The predicted octanol–water partition coefficient (Wildman–Crippen LogP) is 3.52. The van der Waals surface area contributed by atoms with Gasteiger partial charge in [0.15, 0.2) is 0 Å². The average Bonchev–Trinajstić information content (AvgIpc) is 2.73. The number of aryl methyl sites for hydroxylation is 2. The fourth-order valence-electron chi connectivity index (χ4n) is 2.10. The summed E-state index contributed by atoms with van der Waals surface area (Å²) in [7, 11) is -1.37. The van der Waals surface area contributed by atoms with Crippen LogP contribution in [0.25, 0.3) is 0 Å². The molecule has 0 N–H and O–H groups in total. The first kappa shape index (κ1) is 16.9. The Morgan fingerprint density at radius 2 is 2.05 bits per heavy atom. The smallest absolute Gasteiger partial charge is 0.261 e. The zero-order valence-corrected chi connectivity index (χ0v) is 14.2. The van der Waals surface area contributed by atoms with Gasteiger partial charge < -0.3 is 0 Å². The van der Waals surface area contributed by atoms with E-state index in [0.717, 1.165) is 0 Å². The first-order valence-electron chi connectivity index (χ1n) is 6.33. The third-order valence-corrected chi connectivity index (χ3v) is 5.21. The maximum Gasteiger partial charge on any atom is 0.312 e. The van der Waals surface area contributed by atoms with Crippen LogP contribution in [0.1, 0.15) is 11.4 Å². The van der Waals surface area contributed by atoms with Gasteiger partial charge in [0.05, 0.1) is 32.2 Å². The van der Waals surface area contributed by atoms with Crippen molar-refractivity contribution in [2.24, 2.45) is 0 Å². The van der Waals surface area contributed by atoms with Gasteiger partial charge in [0.25, 0.3) is 0 Å². The van der Waals surface area contributed by atoms with Crippen molar-refractivity contribution in [2.45, 2.75) is 25.3 Å². The van der Waals surface area contributed by atoms with Gasteiger partial charge >= 0.3 is 5.69 Å². The van der Waals surface area contributed by atoms with Crippen LogP contribution in [-0.2, 0) is 17.3 Å². The van der Waals surface area contributed by atoms with E-state index in [1.54, 1.807) is 32.0 Å². The van der Waals surface area contributed by atoms with Gasteiger partial charge in [0, 0.05) is 10.8 Å². The van der Waals surface area contributed by atoms with Crippen LogP contribution < -0.4 is 0 Å². The second-order valence-corrected chi connectivity index (χ2v) is 7.01. The van der Waals surface area contributed by atoms with Gasteiger partial charge in [0.2, 0.25) is 0 Å². The molecule has 0 radical (unpaired) electrons. The summed E-state index contributed by atoms with van der Waals surface area (Å²) in [6.07, 6.45) is 0. The fraction of sp³-hybridized carbons (Fsp3) is 0.308. The molecule has 22 heavy (non-hydrogen) atoms. The van der Waals surface area contributed by atoms with Crippen LogP contribution >= 0.6 is 23.2 Å². The summed E-state index contributed by atoms with van der Waals surface area (Å²) < 4.78 is 13.8. The maximum absolute atomic E-state index is 12.3. The first-order valence-corrected chi connectivity index (χ1v) is 8.40. The van der Waals surface area contributed by atoms with Crippen LogP contribution in [0.3, 0.4) is 0 Å². The van der Waals surface area contributed by atoms with Gasteiger partial charge in [-0.05, 0) is 32.0 Å². The van der Waals surface area contributed by atoms with Crippen molar-refractivity contribution < 1.29 is 9.13 Å². The number of benzene rings is 1. The van der Waals surface area contributed by atoms with Crippen molar-refractivity contribution in [3.05, 3.63) is 49.7 Å². The normalized spacial score (nSPS) is 12.4. The molecule has 0 aliphatic rings. The van der Waals surface area contributed by atoms with Gasteiger partial charge in [-0.1, -0.05) is 23.2 Å². The first-order chi connectivity index (χ1) is 10.3. The highest BCUT2D eigenvalue weighted by Crippen LogP contribution is 2.25. The average molecular weight is 362 g/mol. The van der Waals surface area contributed by atoms with E-state index in [4.69, 9.17) is 23.2 Å². The van der Waals surface area contributed by atoms with E-state index in [2.05, 4.69) is 5.10 Å². The largest absolute Gasteiger partial charge is 0.312 e. The fourth-order valence-corrected chi connectivity index (χ4v) is 3.82. The molecular formula is C13H13Cl2N3O3S. The van der Waals surface area contributed by atoms with Crippen LogP contribution in [0, 0.1) is 24.0 Å². The van der Waals surface area contributed by atoms with Gasteiger partial charge in [-0.25, -0.2) is 0 Å². The quantitative estimate of drug-likeness (QED) is 0.602. The number of rotatable bonds is 5. The Bertz CT molecular complexity index is 761. The molecule has 1 aromatic carbocycles. The Labute approximate surface area is 139 Å². The summed E-state index contributed by atoms with van der Waals surface area (Å²) in [5, 5.41) is 15.9. The van der Waals surface area contributed by atoms with Crippen molar-refractivity contribution >= 4 is 39.7 Å². The zero-order chi connectivity index (χ0) is 16.4. The van der Waals surface area contributed by atoms with E-state index in [-0.39, 0.29) is 18.0 Å². The van der Waals surface area contributed by atoms with Crippen molar-refractivity contribution in [3.8, 4) is 0 Å². The lowest BCUT2D eigenvalue weighted by Gasteiger charge is -2.06. The summed E-state index contributed by atoms with van der Waals surface area (Å²) in [6.45, 7) is 3.48. The minimum Gasteiger partial charge on any atom is -0.261 e. The Balaban J connectivity index is 2.17. The molecule has 0 amide bonds. The number of halogens is 2. The Morgan fingerprint density at radius 3 is 2.64 bits per heavy atom. The summed E-state index contributed by atoms with van der Waals surface area (Å²) in [5.74, 6) is 0.235. The molecule has 2 rings (SSSR count). The molecule has 9 heteroatoms. The molecule has 0 aliphatic heterocycles. The number of aromatic nitrogens is 2.